The second kappa shape index (κ2) is 13.1. The molecule has 1 aromatic carbocycles. The van der Waals surface area contributed by atoms with Gasteiger partial charge in [0.25, 0.3) is 11.5 Å². The van der Waals surface area contributed by atoms with Gasteiger partial charge < -0.3 is 40.7 Å². The number of esters is 1. The van der Waals surface area contributed by atoms with Gasteiger partial charge in [-0.1, -0.05) is 12.1 Å². The van der Waals surface area contributed by atoms with Crippen LogP contribution in [-0.2, 0) is 23.9 Å². The maximum absolute atomic E-state index is 13.3. The number of carboxylic acid groups (broad SMARTS) is 1. The average molecular weight is 597 g/mol. The van der Waals surface area contributed by atoms with E-state index in [-0.39, 0.29) is 53.2 Å². The molecule has 1 saturated heterocycles. The van der Waals surface area contributed by atoms with Crippen LogP contribution in [0.15, 0.2) is 51.8 Å². The Kier molecular flexibility index (Phi) is 10.0. The van der Waals surface area contributed by atoms with Crippen LogP contribution in [0.5, 0.6) is 5.75 Å². The van der Waals surface area contributed by atoms with E-state index in [1.165, 1.54) is 37.3 Å². The molecule has 41 heavy (non-hydrogen) atoms. The number of benzene rings is 1. The minimum atomic E-state index is -1.63. The Morgan fingerprint density at radius 3 is 2.46 bits per heavy atom. The van der Waals surface area contributed by atoms with Crippen LogP contribution in [0.4, 0.5) is 10.5 Å². The van der Waals surface area contributed by atoms with Crippen LogP contribution >= 0.6 is 11.8 Å². The van der Waals surface area contributed by atoms with E-state index in [0.29, 0.717) is 0 Å². The van der Waals surface area contributed by atoms with Crippen molar-refractivity contribution >= 4 is 47.2 Å². The summed E-state index contributed by atoms with van der Waals surface area (Å²) in [5, 5.41) is 26.8. The van der Waals surface area contributed by atoms with Crippen molar-refractivity contribution in [1.82, 2.24) is 25.5 Å². The van der Waals surface area contributed by atoms with Gasteiger partial charge >= 0.3 is 47.2 Å². The van der Waals surface area contributed by atoms with Gasteiger partial charge in [0.05, 0.1) is 16.9 Å². The molecule has 0 radical (unpaired) electrons. The van der Waals surface area contributed by atoms with Crippen molar-refractivity contribution in [3.8, 4) is 5.75 Å². The molecule has 2 unspecified atom stereocenters. The first-order valence-electron chi connectivity index (χ1n) is 11.5. The number of thioether (sulfide) groups is 1. The summed E-state index contributed by atoms with van der Waals surface area (Å²) in [5.74, 6) is -3.98. The van der Waals surface area contributed by atoms with E-state index < -0.39 is 69.4 Å². The van der Waals surface area contributed by atoms with E-state index >= 15 is 0 Å². The Bertz CT molecular complexity index is 1520. The number of hydrogen-bond donors (Lipinski definition) is 6. The van der Waals surface area contributed by atoms with Crippen molar-refractivity contribution in [3.05, 3.63) is 68.6 Å². The molecule has 4 atom stereocenters. The SMILES string of the molecule is CC(=O)OCC1C=C(C(=O)[O-])N2C(=O)C(NC(=O)[C@H](NC(=O)Nc3c[nH]c(=O)[nH]c3=O)c3ccc(O)cc3)[C@H]2S1.[Na+]. The van der Waals surface area contributed by atoms with Gasteiger partial charge in [-0.15, -0.1) is 11.8 Å². The van der Waals surface area contributed by atoms with Crippen LogP contribution in [0.2, 0.25) is 0 Å². The number of phenols is 1. The van der Waals surface area contributed by atoms with Crippen LogP contribution in [0.3, 0.4) is 0 Å². The summed E-state index contributed by atoms with van der Waals surface area (Å²) in [6, 6.07) is 1.49. The van der Waals surface area contributed by atoms with E-state index in [9.17, 15) is 43.8 Å². The predicted octanol–water partition coefficient (Wildman–Crippen LogP) is -5.40. The van der Waals surface area contributed by atoms with Crippen LogP contribution < -0.4 is 61.9 Å². The summed E-state index contributed by atoms with van der Waals surface area (Å²) in [6.07, 6.45) is 2.17. The van der Waals surface area contributed by atoms with Gasteiger partial charge in [-0.25, -0.2) is 9.59 Å². The van der Waals surface area contributed by atoms with Gasteiger partial charge in [-0.3, -0.25) is 29.1 Å². The first-order chi connectivity index (χ1) is 18.9. The normalized spacial score (nSPS) is 19.7. The number of nitrogens with one attached hydrogen (secondary N) is 5. The van der Waals surface area contributed by atoms with Gasteiger partial charge in [0.2, 0.25) is 5.91 Å². The number of fused-ring (bicyclic) bond motifs is 1. The number of aromatic nitrogens is 2. The number of β-lactam (4-membered cyclic amide) rings is 1. The topological polar surface area (TPSA) is 243 Å². The Balaban J connectivity index is 0.00000462. The summed E-state index contributed by atoms with van der Waals surface area (Å²) < 4.78 is 4.95. The molecule has 210 valence electrons. The smallest absolute Gasteiger partial charge is 0.543 e. The molecule has 1 aromatic heterocycles. The van der Waals surface area contributed by atoms with Crippen LogP contribution in [0.1, 0.15) is 18.5 Å². The van der Waals surface area contributed by atoms with Gasteiger partial charge in [0.15, 0.2) is 0 Å². The number of urea groups is 1. The van der Waals surface area contributed by atoms with Crippen molar-refractivity contribution in [2.45, 2.75) is 29.6 Å². The van der Waals surface area contributed by atoms with Crippen LogP contribution in [-0.4, -0.2) is 73.0 Å². The minimum absolute atomic E-state index is 0. The number of phenolic OH excluding ortho intramolecular Hbond substituents is 1. The molecular weight excluding hydrogens is 575 g/mol. The molecule has 4 amide bonds. The Morgan fingerprint density at radius 2 is 1.85 bits per heavy atom. The molecule has 18 heteroatoms. The molecular formula is C23H21N6NaO10S. The van der Waals surface area contributed by atoms with Crippen molar-refractivity contribution in [2.75, 3.05) is 11.9 Å². The molecule has 3 heterocycles. The molecule has 0 spiro atoms. The van der Waals surface area contributed by atoms with E-state index in [2.05, 4.69) is 20.9 Å². The zero-order chi connectivity index (χ0) is 29.1. The fourth-order valence-electron chi connectivity index (χ4n) is 3.92. The number of anilines is 1. The molecule has 16 nitrogen and oxygen atoms in total. The maximum Gasteiger partial charge on any atom is 1.00 e. The number of amides is 4. The number of aromatic amines is 2. The van der Waals surface area contributed by atoms with E-state index in [4.69, 9.17) is 4.74 Å². The molecule has 2 aliphatic rings. The molecule has 2 aliphatic heterocycles. The first-order valence-corrected chi connectivity index (χ1v) is 12.4. The van der Waals surface area contributed by atoms with Crippen molar-refractivity contribution < 1.29 is 68.5 Å². The van der Waals surface area contributed by atoms with Crippen molar-refractivity contribution in [3.63, 3.8) is 0 Å². The predicted molar refractivity (Wildman–Crippen MR) is 134 cm³/mol. The molecule has 0 saturated carbocycles. The standard InChI is InChI=1S/C23H22N6O10S.Na/c1-9(30)39-8-12-6-14(21(35)36)29-19(34)16(20(29)40-12)26-18(33)15(10-2-4-11(31)5-3-10)27-23(38)25-13-7-24-22(37)28-17(13)32;/h2-7,12,15-16,20,31H,8H2,1H3,(H,26,33)(H,35,36)(H2,25,27,38)(H2,24,28,32,37);/q;+1/p-1/t12?,15-,16?,20-;/m1./s1. The zero-order valence-corrected chi connectivity index (χ0v) is 24.3. The van der Waals surface area contributed by atoms with E-state index in [1.54, 1.807) is 0 Å². The number of carboxylic acids is 1. The fourth-order valence-corrected chi connectivity index (χ4v) is 5.31. The number of aromatic hydroxyl groups is 1. The Hall–Kier alpha value is -4.06. The number of aliphatic carboxylic acids is 1. The van der Waals surface area contributed by atoms with Gasteiger partial charge in [-0.2, -0.15) is 0 Å². The van der Waals surface area contributed by atoms with Gasteiger partial charge in [0.1, 0.15) is 35.5 Å². The summed E-state index contributed by atoms with van der Waals surface area (Å²) >= 11 is 1.07. The third-order valence-corrected chi connectivity index (χ3v) is 7.13. The molecule has 2 aromatic rings. The van der Waals surface area contributed by atoms with Crippen LogP contribution in [0, 0.1) is 0 Å². The number of carbonyl (C=O) groups excluding carboxylic acids is 5. The molecule has 0 aliphatic carbocycles. The molecule has 1 fully saturated rings. The molecule has 0 bridgehead atoms. The second-order valence-electron chi connectivity index (χ2n) is 8.51. The number of ether oxygens (including phenoxy) is 1. The average Bonchev–Trinajstić information content (AvgIpc) is 2.90. The van der Waals surface area contributed by atoms with E-state index in [1.807, 2.05) is 4.98 Å². The Labute approximate surface area is 256 Å². The van der Waals surface area contributed by atoms with Gasteiger partial charge in [-0.05, 0) is 23.8 Å². The number of nitrogens with zero attached hydrogens (tertiary/aromatic N) is 1. The third kappa shape index (κ3) is 7.18. The van der Waals surface area contributed by atoms with E-state index in [0.717, 1.165) is 22.9 Å². The fraction of sp³-hybridized carbons (Fsp3) is 0.261. The minimum Gasteiger partial charge on any atom is -0.543 e. The van der Waals surface area contributed by atoms with Crippen molar-refractivity contribution in [2.24, 2.45) is 0 Å². The summed E-state index contributed by atoms with van der Waals surface area (Å²) in [6.45, 7) is 0.997. The summed E-state index contributed by atoms with van der Waals surface area (Å²) in [7, 11) is 0. The van der Waals surface area contributed by atoms with Crippen LogP contribution in [0.25, 0.3) is 0 Å². The quantitative estimate of drug-likeness (QED) is 0.0954. The number of rotatable bonds is 8. The Morgan fingerprint density at radius 1 is 1.17 bits per heavy atom. The van der Waals surface area contributed by atoms with Crippen molar-refractivity contribution in [1.29, 1.82) is 0 Å². The third-order valence-electron chi connectivity index (χ3n) is 5.75. The molecule has 6 N–H and O–H groups in total. The first kappa shape index (κ1) is 31.5. The zero-order valence-electron chi connectivity index (χ0n) is 21.5. The number of carbonyl (C=O) groups is 5. The van der Waals surface area contributed by atoms with Gasteiger partial charge in [0, 0.05) is 13.1 Å². The largest absolute Gasteiger partial charge is 1.00 e. The summed E-state index contributed by atoms with van der Waals surface area (Å²) in [4.78, 5) is 89.8. The molecule has 4 rings (SSSR count). The maximum atomic E-state index is 13.3. The number of hydrogen-bond acceptors (Lipinski definition) is 11. The summed E-state index contributed by atoms with van der Waals surface area (Å²) in [5.41, 5.74) is -2.28. The number of H-pyrrole nitrogens is 2. The monoisotopic (exact) mass is 596 g/mol. The second-order valence-corrected chi connectivity index (χ2v) is 9.87.